The van der Waals surface area contributed by atoms with E-state index in [1.807, 2.05) is 0 Å². The largest absolute Gasteiger partial charge is 0.385 e. The van der Waals surface area contributed by atoms with E-state index in [1.54, 1.807) is 19.3 Å². The highest BCUT2D eigenvalue weighted by molar-refractivity contribution is 5.85. The maximum absolute atomic E-state index is 5.13. The molecule has 0 aliphatic heterocycles. The van der Waals surface area contributed by atoms with Crippen LogP contribution in [0, 0.1) is 0 Å². The molecule has 0 aromatic carbocycles. The van der Waals surface area contributed by atoms with Crippen molar-refractivity contribution in [2.24, 2.45) is 5.84 Å². The third-order valence-electron chi connectivity index (χ3n) is 1.13. The standard InChI is InChI=1S/C5H9N5.2ClH/c1-7-4-2-3-8-10-5(4)9-6;;/h2-3H,6H2,1H3,(H,7,8)(H,9,10);2*1H. The summed E-state index contributed by atoms with van der Waals surface area (Å²) in [5, 5.41) is 10.3. The molecule has 70 valence electrons. The van der Waals surface area contributed by atoms with Crippen molar-refractivity contribution in [1.29, 1.82) is 0 Å². The lowest BCUT2D eigenvalue weighted by atomic mass is 10.4. The maximum atomic E-state index is 5.13. The fraction of sp³-hybridized carbons (Fsp3) is 0.200. The molecule has 0 fully saturated rings. The van der Waals surface area contributed by atoms with Crippen molar-refractivity contribution in [3.8, 4) is 0 Å². The first-order valence-electron chi connectivity index (χ1n) is 2.84. The summed E-state index contributed by atoms with van der Waals surface area (Å²) in [5.74, 6) is 5.68. The number of rotatable bonds is 2. The predicted molar refractivity (Wildman–Crippen MR) is 53.9 cm³/mol. The van der Waals surface area contributed by atoms with Gasteiger partial charge in [-0.2, -0.15) is 5.10 Å². The number of nitrogens with zero attached hydrogens (tertiary/aromatic N) is 2. The van der Waals surface area contributed by atoms with Crippen LogP contribution in [-0.2, 0) is 0 Å². The Morgan fingerprint density at radius 3 is 2.50 bits per heavy atom. The summed E-state index contributed by atoms with van der Waals surface area (Å²) in [6.45, 7) is 0. The summed E-state index contributed by atoms with van der Waals surface area (Å²) in [6.07, 6.45) is 1.59. The molecule has 1 aromatic rings. The number of nitrogen functional groups attached to an aromatic ring is 1. The van der Waals surface area contributed by atoms with Crippen LogP contribution in [0.15, 0.2) is 12.3 Å². The Morgan fingerprint density at radius 2 is 2.08 bits per heavy atom. The lowest BCUT2D eigenvalue weighted by Gasteiger charge is -2.03. The lowest BCUT2D eigenvalue weighted by molar-refractivity contribution is 1.02. The molecular formula is C5H11Cl2N5. The summed E-state index contributed by atoms with van der Waals surface area (Å²) in [4.78, 5) is 0. The first-order chi connectivity index (χ1) is 4.88. The van der Waals surface area contributed by atoms with Crippen molar-refractivity contribution in [3.63, 3.8) is 0 Å². The molecule has 0 bridgehead atoms. The van der Waals surface area contributed by atoms with Gasteiger partial charge in [-0.15, -0.1) is 29.9 Å². The number of anilines is 2. The Morgan fingerprint density at radius 1 is 1.42 bits per heavy atom. The minimum atomic E-state index is 0. The van der Waals surface area contributed by atoms with Crippen LogP contribution in [0.2, 0.25) is 0 Å². The molecule has 0 spiro atoms. The van der Waals surface area contributed by atoms with Gasteiger partial charge in [0.2, 0.25) is 0 Å². The van der Waals surface area contributed by atoms with Crippen molar-refractivity contribution < 1.29 is 0 Å². The summed E-state index contributed by atoms with van der Waals surface area (Å²) in [6, 6.07) is 1.78. The first kappa shape index (κ1) is 13.8. The number of nitrogens with one attached hydrogen (secondary N) is 2. The van der Waals surface area contributed by atoms with Crippen molar-refractivity contribution in [2.75, 3.05) is 17.8 Å². The van der Waals surface area contributed by atoms with Crippen LogP contribution >= 0.6 is 24.8 Å². The number of halogens is 2. The van der Waals surface area contributed by atoms with Crippen LogP contribution in [-0.4, -0.2) is 17.2 Å². The third-order valence-corrected chi connectivity index (χ3v) is 1.13. The minimum Gasteiger partial charge on any atom is -0.385 e. The monoisotopic (exact) mass is 211 g/mol. The molecule has 0 atom stereocenters. The van der Waals surface area contributed by atoms with Gasteiger partial charge in [0, 0.05) is 7.05 Å². The zero-order valence-corrected chi connectivity index (χ0v) is 8.08. The van der Waals surface area contributed by atoms with Gasteiger partial charge in [-0.25, -0.2) is 5.84 Å². The summed E-state index contributed by atoms with van der Waals surface area (Å²) in [5.41, 5.74) is 3.24. The van der Waals surface area contributed by atoms with Crippen LogP contribution < -0.4 is 16.6 Å². The van der Waals surface area contributed by atoms with Crippen LogP contribution in [0.1, 0.15) is 0 Å². The Balaban J connectivity index is 0. The molecule has 5 nitrogen and oxygen atoms in total. The van der Waals surface area contributed by atoms with Crippen molar-refractivity contribution in [1.82, 2.24) is 10.2 Å². The van der Waals surface area contributed by atoms with E-state index in [9.17, 15) is 0 Å². The summed E-state index contributed by atoms with van der Waals surface area (Å²) < 4.78 is 0. The smallest absolute Gasteiger partial charge is 0.186 e. The molecule has 0 aliphatic rings. The molecule has 0 saturated carbocycles. The van der Waals surface area contributed by atoms with Crippen molar-refractivity contribution in [2.45, 2.75) is 0 Å². The van der Waals surface area contributed by atoms with E-state index >= 15 is 0 Å². The zero-order chi connectivity index (χ0) is 7.40. The number of aromatic nitrogens is 2. The number of hydrogen-bond donors (Lipinski definition) is 3. The van der Waals surface area contributed by atoms with Crippen molar-refractivity contribution in [3.05, 3.63) is 12.3 Å². The molecular weight excluding hydrogens is 201 g/mol. The van der Waals surface area contributed by atoms with E-state index in [0.29, 0.717) is 5.82 Å². The van der Waals surface area contributed by atoms with Gasteiger partial charge in [0.25, 0.3) is 0 Å². The highest BCUT2D eigenvalue weighted by atomic mass is 35.5. The number of hydrogen-bond acceptors (Lipinski definition) is 5. The van der Waals surface area contributed by atoms with E-state index in [4.69, 9.17) is 5.84 Å². The van der Waals surface area contributed by atoms with E-state index < -0.39 is 0 Å². The van der Waals surface area contributed by atoms with Gasteiger partial charge in [-0.05, 0) is 6.07 Å². The number of nitrogens with two attached hydrogens (primary N) is 1. The molecule has 4 N–H and O–H groups in total. The molecule has 0 saturated heterocycles. The predicted octanol–water partition coefficient (Wildman–Crippen LogP) is 0.647. The van der Waals surface area contributed by atoms with Gasteiger partial charge in [0.05, 0.1) is 11.9 Å². The summed E-state index contributed by atoms with van der Waals surface area (Å²) in [7, 11) is 1.79. The summed E-state index contributed by atoms with van der Waals surface area (Å²) >= 11 is 0. The average molecular weight is 212 g/mol. The number of hydrazine groups is 1. The molecule has 12 heavy (non-hydrogen) atoms. The Hall–Kier alpha value is -0.780. The van der Waals surface area contributed by atoms with Gasteiger partial charge >= 0.3 is 0 Å². The maximum Gasteiger partial charge on any atom is 0.186 e. The van der Waals surface area contributed by atoms with Gasteiger partial charge < -0.3 is 10.7 Å². The third kappa shape index (κ3) is 3.08. The Labute approximate surface area is 82.9 Å². The second-order valence-corrected chi connectivity index (χ2v) is 1.69. The Bertz CT molecular complexity index is 196. The van der Waals surface area contributed by atoms with Crippen LogP contribution in [0.25, 0.3) is 0 Å². The zero-order valence-electron chi connectivity index (χ0n) is 6.44. The normalized spacial score (nSPS) is 7.50. The first-order valence-corrected chi connectivity index (χ1v) is 2.84. The van der Waals surface area contributed by atoms with Crippen molar-refractivity contribution >= 4 is 36.3 Å². The van der Waals surface area contributed by atoms with Gasteiger partial charge in [0.15, 0.2) is 5.82 Å². The second-order valence-electron chi connectivity index (χ2n) is 1.69. The van der Waals surface area contributed by atoms with Crippen LogP contribution in [0.3, 0.4) is 0 Å². The van der Waals surface area contributed by atoms with Crippen LogP contribution in [0.4, 0.5) is 11.5 Å². The minimum absolute atomic E-state index is 0. The highest BCUT2D eigenvalue weighted by Gasteiger charge is 1.96. The topological polar surface area (TPSA) is 75.9 Å². The molecule has 0 radical (unpaired) electrons. The average Bonchev–Trinajstić information content (AvgIpc) is 2.04. The highest BCUT2D eigenvalue weighted by Crippen LogP contribution is 2.12. The fourth-order valence-electron chi connectivity index (χ4n) is 0.640. The van der Waals surface area contributed by atoms with E-state index in [2.05, 4.69) is 20.9 Å². The molecule has 1 heterocycles. The molecule has 0 aliphatic carbocycles. The molecule has 0 amide bonds. The molecule has 0 unspecified atom stereocenters. The van der Waals surface area contributed by atoms with E-state index in [1.165, 1.54) is 0 Å². The van der Waals surface area contributed by atoms with E-state index in [0.717, 1.165) is 5.69 Å². The second kappa shape index (κ2) is 6.90. The molecule has 7 heteroatoms. The Kier molecular flexibility index (Phi) is 7.93. The molecule has 1 aromatic heterocycles. The van der Waals surface area contributed by atoms with Crippen LogP contribution in [0.5, 0.6) is 0 Å². The fourth-order valence-corrected chi connectivity index (χ4v) is 0.640. The molecule has 1 rings (SSSR count). The quantitative estimate of drug-likeness (QED) is 0.495. The lowest BCUT2D eigenvalue weighted by Crippen LogP contribution is -2.11. The van der Waals surface area contributed by atoms with Gasteiger partial charge in [0.1, 0.15) is 0 Å². The van der Waals surface area contributed by atoms with Gasteiger partial charge in [-0.3, -0.25) is 0 Å². The van der Waals surface area contributed by atoms with E-state index in [-0.39, 0.29) is 24.8 Å². The van der Waals surface area contributed by atoms with Gasteiger partial charge in [-0.1, -0.05) is 0 Å². The SMILES string of the molecule is CNc1ccnnc1NN.Cl.Cl.